The lowest BCUT2D eigenvalue weighted by molar-refractivity contribution is 0.128. The van der Waals surface area contributed by atoms with Crippen molar-refractivity contribution in [2.45, 2.75) is 58.1 Å². The van der Waals surface area contributed by atoms with Crippen LogP contribution in [0, 0.1) is 5.92 Å². The standard InChI is InChI=1S/C21H32N2O2/c1-17(2)16-19-20(18-10-5-3-6-11-18)25-21(24)23(19)15-9-14-22-12-7-4-8-13-22/h3,5-6,10-11,17,19-20H,4,7-9,12-16H2,1-2H3/t19-,20+/m0/s1. The van der Waals surface area contributed by atoms with Gasteiger partial charge in [0.1, 0.15) is 6.10 Å². The van der Waals surface area contributed by atoms with Crippen LogP contribution in [0.3, 0.4) is 0 Å². The maximum absolute atomic E-state index is 12.5. The lowest BCUT2D eigenvalue weighted by Crippen LogP contribution is -2.38. The van der Waals surface area contributed by atoms with Gasteiger partial charge in [0, 0.05) is 6.54 Å². The third-order valence-corrected chi connectivity index (χ3v) is 5.38. The number of nitrogens with zero attached hydrogens (tertiary/aromatic N) is 2. The number of rotatable bonds is 7. The zero-order valence-corrected chi connectivity index (χ0v) is 15.7. The summed E-state index contributed by atoms with van der Waals surface area (Å²) in [6, 6.07) is 10.3. The number of hydrogen-bond acceptors (Lipinski definition) is 3. The van der Waals surface area contributed by atoms with Crippen molar-refractivity contribution in [1.82, 2.24) is 9.80 Å². The molecule has 1 aromatic rings. The summed E-state index contributed by atoms with van der Waals surface area (Å²) in [5.74, 6) is 0.537. The van der Waals surface area contributed by atoms with Crippen LogP contribution in [0.5, 0.6) is 0 Å². The summed E-state index contributed by atoms with van der Waals surface area (Å²) in [4.78, 5) is 17.0. The number of carbonyl (C=O) groups is 1. The van der Waals surface area contributed by atoms with Gasteiger partial charge >= 0.3 is 6.09 Å². The van der Waals surface area contributed by atoms with Crippen LogP contribution >= 0.6 is 0 Å². The maximum atomic E-state index is 12.5. The molecule has 0 spiro atoms. The predicted molar refractivity (Wildman–Crippen MR) is 101 cm³/mol. The molecule has 2 aliphatic heterocycles. The molecule has 0 unspecified atom stereocenters. The maximum Gasteiger partial charge on any atom is 0.410 e. The number of hydrogen-bond donors (Lipinski definition) is 0. The van der Waals surface area contributed by atoms with Crippen molar-refractivity contribution in [3.8, 4) is 0 Å². The zero-order chi connectivity index (χ0) is 17.6. The van der Waals surface area contributed by atoms with Crippen molar-refractivity contribution in [3.63, 3.8) is 0 Å². The summed E-state index contributed by atoms with van der Waals surface area (Å²) in [6.45, 7) is 8.76. The van der Waals surface area contributed by atoms with Crippen LogP contribution < -0.4 is 0 Å². The van der Waals surface area contributed by atoms with Crippen molar-refractivity contribution in [3.05, 3.63) is 35.9 Å². The van der Waals surface area contributed by atoms with Gasteiger partial charge in [-0.05, 0) is 56.8 Å². The van der Waals surface area contributed by atoms with Gasteiger partial charge in [0.05, 0.1) is 6.04 Å². The highest BCUT2D eigenvalue weighted by molar-refractivity contribution is 5.71. The highest BCUT2D eigenvalue weighted by Crippen LogP contribution is 2.36. The minimum Gasteiger partial charge on any atom is -0.439 e. The van der Waals surface area contributed by atoms with E-state index in [4.69, 9.17) is 4.74 Å². The minimum absolute atomic E-state index is 0.133. The average Bonchev–Trinajstić information content (AvgIpc) is 2.92. The van der Waals surface area contributed by atoms with E-state index in [1.165, 1.54) is 32.4 Å². The molecule has 4 nitrogen and oxygen atoms in total. The summed E-state index contributed by atoms with van der Waals surface area (Å²) in [6.07, 6.45) is 5.74. The first-order valence-electron chi connectivity index (χ1n) is 9.89. The first-order valence-corrected chi connectivity index (χ1v) is 9.89. The average molecular weight is 344 g/mol. The van der Waals surface area contributed by atoms with Crippen LogP contribution in [0.15, 0.2) is 30.3 Å². The molecule has 138 valence electrons. The Bertz CT molecular complexity index is 540. The molecule has 3 rings (SSSR count). The Morgan fingerprint density at radius 3 is 2.48 bits per heavy atom. The van der Waals surface area contributed by atoms with Gasteiger partial charge in [-0.2, -0.15) is 0 Å². The van der Waals surface area contributed by atoms with E-state index in [0.29, 0.717) is 5.92 Å². The summed E-state index contributed by atoms with van der Waals surface area (Å²) in [7, 11) is 0. The Morgan fingerprint density at radius 2 is 1.80 bits per heavy atom. The van der Waals surface area contributed by atoms with Crippen LogP contribution in [0.2, 0.25) is 0 Å². The Kier molecular flexibility index (Phi) is 6.35. The smallest absolute Gasteiger partial charge is 0.410 e. The minimum atomic E-state index is -0.141. The van der Waals surface area contributed by atoms with Gasteiger partial charge in [0.25, 0.3) is 0 Å². The second-order valence-corrected chi connectivity index (χ2v) is 7.86. The van der Waals surface area contributed by atoms with Gasteiger partial charge in [0.2, 0.25) is 0 Å². The fraction of sp³-hybridized carbons (Fsp3) is 0.667. The van der Waals surface area contributed by atoms with Crippen molar-refractivity contribution in [2.75, 3.05) is 26.2 Å². The molecule has 2 heterocycles. The number of carbonyl (C=O) groups excluding carboxylic acids is 1. The highest BCUT2D eigenvalue weighted by atomic mass is 16.6. The van der Waals surface area contributed by atoms with E-state index in [2.05, 4.69) is 30.9 Å². The lowest BCUT2D eigenvalue weighted by atomic mass is 9.94. The van der Waals surface area contributed by atoms with Crippen molar-refractivity contribution in [2.24, 2.45) is 5.92 Å². The largest absolute Gasteiger partial charge is 0.439 e. The number of benzene rings is 1. The third kappa shape index (κ3) is 4.75. The molecular formula is C21H32N2O2. The van der Waals surface area contributed by atoms with E-state index in [1.54, 1.807) is 0 Å². The molecule has 0 saturated carbocycles. The zero-order valence-electron chi connectivity index (χ0n) is 15.7. The van der Waals surface area contributed by atoms with E-state index < -0.39 is 0 Å². The number of cyclic esters (lactones) is 1. The monoisotopic (exact) mass is 344 g/mol. The highest BCUT2D eigenvalue weighted by Gasteiger charge is 2.42. The summed E-state index contributed by atoms with van der Waals surface area (Å²) in [5.41, 5.74) is 1.11. The normalized spacial score (nSPS) is 24.8. The van der Waals surface area contributed by atoms with Crippen molar-refractivity contribution < 1.29 is 9.53 Å². The van der Waals surface area contributed by atoms with E-state index >= 15 is 0 Å². The first kappa shape index (κ1) is 18.2. The van der Waals surface area contributed by atoms with Crippen LogP contribution in [-0.4, -0.2) is 48.1 Å². The SMILES string of the molecule is CC(C)C[C@H]1[C@@H](c2ccccc2)OC(=O)N1CCCN1CCCCC1. The molecule has 0 radical (unpaired) electrons. The molecule has 1 aromatic carbocycles. The molecular weight excluding hydrogens is 312 g/mol. The second kappa shape index (κ2) is 8.70. The van der Waals surface area contributed by atoms with E-state index in [-0.39, 0.29) is 18.2 Å². The molecule has 0 bridgehead atoms. The van der Waals surface area contributed by atoms with Crippen molar-refractivity contribution in [1.29, 1.82) is 0 Å². The molecule has 2 atom stereocenters. The van der Waals surface area contributed by atoms with Crippen LogP contribution in [-0.2, 0) is 4.74 Å². The molecule has 25 heavy (non-hydrogen) atoms. The topological polar surface area (TPSA) is 32.8 Å². The van der Waals surface area contributed by atoms with Gasteiger partial charge < -0.3 is 14.5 Å². The Morgan fingerprint density at radius 1 is 1.08 bits per heavy atom. The summed E-state index contributed by atoms with van der Waals surface area (Å²) < 4.78 is 5.79. The molecule has 1 amide bonds. The quantitative estimate of drug-likeness (QED) is 0.731. The van der Waals surface area contributed by atoms with Crippen LogP contribution in [0.1, 0.15) is 57.6 Å². The van der Waals surface area contributed by atoms with E-state index in [9.17, 15) is 4.79 Å². The number of amides is 1. The Labute approximate surface area is 152 Å². The molecule has 2 aliphatic rings. The van der Waals surface area contributed by atoms with Gasteiger partial charge in [-0.3, -0.25) is 0 Å². The Hall–Kier alpha value is -1.55. The predicted octanol–water partition coefficient (Wildman–Crippen LogP) is 4.47. The first-order chi connectivity index (χ1) is 12.1. The molecule has 4 heteroatoms. The molecule has 0 aliphatic carbocycles. The molecule has 0 aromatic heterocycles. The van der Waals surface area contributed by atoms with Gasteiger partial charge in [-0.1, -0.05) is 50.6 Å². The molecule has 0 N–H and O–H groups in total. The number of likely N-dealkylation sites (tertiary alicyclic amines) is 1. The second-order valence-electron chi connectivity index (χ2n) is 7.86. The number of ether oxygens (including phenoxy) is 1. The fourth-order valence-corrected chi connectivity index (χ4v) is 4.13. The van der Waals surface area contributed by atoms with Crippen molar-refractivity contribution >= 4 is 6.09 Å². The Balaban J connectivity index is 1.62. The third-order valence-electron chi connectivity index (χ3n) is 5.38. The molecule has 2 fully saturated rings. The number of piperidine rings is 1. The van der Waals surface area contributed by atoms with E-state index in [1.807, 2.05) is 23.1 Å². The summed E-state index contributed by atoms with van der Waals surface area (Å²) in [5, 5.41) is 0. The summed E-state index contributed by atoms with van der Waals surface area (Å²) >= 11 is 0. The van der Waals surface area contributed by atoms with Gasteiger partial charge in [0.15, 0.2) is 0 Å². The lowest BCUT2D eigenvalue weighted by Gasteiger charge is -2.29. The van der Waals surface area contributed by atoms with Crippen LogP contribution in [0.4, 0.5) is 4.79 Å². The van der Waals surface area contributed by atoms with Gasteiger partial charge in [-0.15, -0.1) is 0 Å². The van der Waals surface area contributed by atoms with Gasteiger partial charge in [-0.25, -0.2) is 4.79 Å². The molecule has 2 saturated heterocycles. The fourth-order valence-electron chi connectivity index (χ4n) is 4.13. The van der Waals surface area contributed by atoms with E-state index in [0.717, 1.165) is 31.5 Å². The van der Waals surface area contributed by atoms with Crippen LogP contribution in [0.25, 0.3) is 0 Å².